The summed E-state index contributed by atoms with van der Waals surface area (Å²) in [5.41, 5.74) is -0.893. The lowest BCUT2D eigenvalue weighted by molar-refractivity contribution is 0.0695. The van der Waals surface area contributed by atoms with Crippen molar-refractivity contribution in [3.8, 4) is 11.1 Å². The Labute approximate surface area is 124 Å². The van der Waals surface area contributed by atoms with Crippen molar-refractivity contribution in [3.63, 3.8) is 0 Å². The average molecular weight is 328 g/mol. The number of carbonyl (C=O) groups is 2. The number of carboxylic acids is 2. The van der Waals surface area contributed by atoms with Crippen LogP contribution in [0.1, 0.15) is 20.7 Å². The molecule has 0 amide bonds. The highest BCUT2D eigenvalue weighted by Crippen LogP contribution is 2.34. The molecule has 1 aromatic carbocycles. The molecule has 0 aliphatic rings. The van der Waals surface area contributed by atoms with Gasteiger partial charge in [-0.2, -0.15) is 0 Å². The fraction of sp³-hybridized carbons (Fsp3) is 0. The third kappa shape index (κ3) is 2.50. The molecular weight excluding hydrogens is 321 g/mol. The topological polar surface area (TPSA) is 133 Å². The van der Waals surface area contributed by atoms with E-state index in [9.17, 15) is 27.6 Å². The molecule has 5 N–H and O–H groups in total. The highest BCUT2D eigenvalue weighted by Gasteiger charge is 2.31. The number of H-pyrrole nitrogens is 1. The number of halogens is 3. The SMILES string of the molecule is Nc1[nH]c(=O)c(C(=O)O)c(-c2c(F)ccc(F)c2F)c1C(=O)O. The lowest BCUT2D eigenvalue weighted by Gasteiger charge is -2.13. The van der Waals surface area contributed by atoms with E-state index in [4.69, 9.17) is 15.9 Å². The van der Waals surface area contributed by atoms with E-state index < -0.39 is 63.0 Å². The van der Waals surface area contributed by atoms with Gasteiger partial charge in [0.25, 0.3) is 5.56 Å². The van der Waals surface area contributed by atoms with Gasteiger partial charge in [0.05, 0.1) is 5.56 Å². The maximum absolute atomic E-state index is 13.9. The second-order valence-corrected chi connectivity index (χ2v) is 4.32. The second kappa shape index (κ2) is 5.48. The van der Waals surface area contributed by atoms with Gasteiger partial charge in [0.1, 0.15) is 22.8 Å². The van der Waals surface area contributed by atoms with E-state index in [1.54, 1.807) is 4.98 Å². The molecule has 1 aromatic heterocycles. The number of nitrogen functional groups attached to an aromatic ring is 1. The molecule has 23 heavy (non-hydrogen) atoms. The van der Waals surface area contributed by atoms with Crippen LogP contribution < -0.4 is 11.3 Å². The molecule has 0 fully saturated rings. The number of pyridine rings is 1. The predicted octanol–water partition coefficient (Wildman–Crippen LogP) is 1.44. The number of rotatable bonds is 3. The molecule has 1 heterocycles. The molecule has 0 aliphatic carbocycles. The Balaban J connectivity index is 3.14. The fourth-order valence-corrected chi connectivity index (χ4v) is 2.05. The number of hydrogen-bond donors (Lipinski definition) is 4. The molecule has 0 radical (unpaired) electrons. The van der Waals surface area contributed by atoms with Crippen molar-refractivity contribution in [3.05, 3.63) is 51.1 Å². The Morgan fingerprint density at radius 2 is 1.48 bits per heavy atom. The van der Waals surface area contributed by atoms with Gasteiger partial charge in [-0.05, 0) is 12.1 Å². The first-order chi connectivity index (χ1) is 10.7. The summed E-state index contributed by atoms with van der Waals surface area (Å²) in [4.78, 5) is 36.0. The zero-order valence-electron chi connectivity index (χ0n) is 11.0. The molecule has 0 spiro atoms. The number of benzene rings is 1. The highest BCUT2D eigenvalue weighted by molar-refractivity contribution is 6.07. The first-order valence-corrected chi connectivity index (χ1v) is 5.83. The van der Waals surface area contributed by atoms with Crippen LogP contribution in [0.4, 0.5) is 19.0 Å². The number of aromatic nitrogens is 1. The van der Waals surface area contributed by atoms with Crippen LogP contribution >= 0.6 is 0 Å². The van der Waals surface area contributed by atoms with Gasteiger partial charge in [-0.1, -0.05) is 0 Å². The summed E-state index contributed by atoms with van der Waals surface area (Å²) >= 11 is 0. The number of nitrogens with one attached hydrogen (secondary N) is 1. The van der Waals surface area contributed by atoms with E-state index in [0.717, 1.165) is 0 Å². The number of carboxylic acid groups (broad SMARTS) is 2. The van der Waals surface area contributed by atoms with Crippen molar-refractivity contribution in [1.82, 2.24) is 4.98 Å². The fourth-order valence-electron chi connectivity index (χ4n) is 2.05. The van der Waals surface area contributed by atoms with Gasteiger partial charge in [-0.15, -0.1) is 0 Å². The van der Waals surface area contributed by atoms with Gasteiger partial charge >= 0.3 is 11.9 Å². The Morgan fingerprint density at radius 3 is 2.00 bits per heavy atom. The van der Waals surface area contributed by atoms with Gasteiger partial charge in [0, 0.05) is 5.56 Å². The minimum atomic E-state index is -1.97. The van der Waals surface area contributed by atoms with Crippen LogP contribution in [0, 0.1) is 17.5 Å². The van der Waals surface area contributed by atoms with E-state index in [1.807, 2.05) is 0 Å². The lowest BCUT2D eigenvalue weighted by atomic mass is 9.94. The molecule has 0 atom stereocenters. The monoisotopic (exact) mass is 328 g/mol. The van der Waals surface area contributed by atoms with Crippen molar-refractivity contribution in [1.29, 1.82) is 0 Å². The van der Waals surface area contributed by atoms with Crippen molar-refractivity contribution in [2.75, 3.05) is 5.73 Å². The number of anilines is 1. The van der Waals surface area contributed by atoms with Crippen LogP contribution in [0.5, 0.6) is 0 Å². The minimum Gasteiger partial charge on any atom is -0.478 e. The van der Waals surface area contributed by atoms with Crippen LogP contribution in [-0.4, -0.2) is 27.1 Å². The Morgan fingerprint density at radius 1 is 0.957 bits per heavy atom. The van der Waals surface area contributed by atoms with Gasteiger partial charge in [0.15, 0.2) is 11.6 Å². The smallest absolute Gasteiger partial charge is 0.342 e. The third-order valence-electron chi connectivity index (χ3n) is 2.97. The molecule has 10 heteroatoms. The van der Waals surface area contributed by atoms with Gasteiger partial charge in [0.2, 0.25) is 0 Å². The van der Waals surface area contributed by atoms with Crippen LogP contribution in [0.15, 0.2) is 16.9 Å². The van der Waals surface area contributed by atoms with Gasteiger partial charge in [-0.3, -0.25) is 4.79 Å². The summed E-state index contributed by atoms with van der Waals surface area (Å²) < 4.78 is 41.2. The first-order valence-electron chi connectivity index (χ1n) is 5.83. The molecule has 2 aromatic rings. The average Bonchev–Trinajstić information content (AvgIpc) is 2.42. The maximum Gasteiger partial charge on any atom is 0.342 e. The molecule has 7 nitrogen and oxygen atoms in total. The quantitative estimate of drug-likeness (QED) is 0.630. The van der Waals surface area contributed by atoms with Crippen LogP contribution in [0.25, 0.3) is 11.1 Å². The molecule has 0 aliphatic heterocycles. The van der Waals surface area contributed by atoms with Crippen molar-refractivity contribution in [2.24, 2.45) is 0 Å². The van der Waals surface area contributed by atoms with E-state index in [2.05, 4.69) is 0 Å². The molecule has 120 valence electrons. The highest BCUT2D eigenvalue weighted by atomic mass is 19.2. The summed E-state index contributed by atoms with van der Waals surface area (Å²) in [6, 6.07) is 0.883. The first kappa shape index (κ1) is 16.1. The van der Waals surface area contributed by atoms with Crippen molar-refractivity contribution in [2.45, 2.75) is 0 Å². The number of hydrogen-bond acceptors (Lipinski definition) is 4. The van der Waals surface area contributed by atoms with E-state index >= 15 is 0 Å². The molecular formula is C13H7F3N2O5. The summed E-state index contributed by atoms with van der Waals surface area (Å²) in [5.74, 6) is -9.52. The van der Waals surface area contributed by atoms with E-state index in [0.29, 0.717) is 12.1 Å². The van der Waals surface area contributed by atoms with Crippen molar-refractivity contribution < 1.29 is 33.0 Å². The second-order valence-electron chi connectivity index (χ2n) is 4.32. The number of aromatic carboxylic acids is 2. The van der Waals surface area contributed by atoms with Gasteiger partial charge in [-0.25, -0.2) is 22.8 Å². The zero-order chi connectivity index (χ0) is 17.5. The normalized spacial score (nSPS) is 10.6. The Kier molecular flexibility index (Phi) is 3.83. The maximum atomic E-state index is 13.9. The Bertz CT molecular complexity index is 907. The molecule has 0 saturated heterocycles. The number of nitrogens with two attached hydrogens (primary N) is 1. The number of aromatic amines is 1. The van der Waals surface area contributed by atoms with Gasteiger partial charge < -0.3 is 20.9 Å². The minimum absolute atomic E-state index is 0.422. The summed E-state index contributed by atoms with van der Waals surface area (Å²) in [7, 11) is 0. The summed E-state index contributed by atoms with van der Waals surface area (Å²) in [6.07, 6.45) is 0. The molecule has 2 rings (SSSR count). The molecule has 0 unspecified atom stereocenters. The van der Waals surface area contributed by atoms with E-state index in [-0.39, 0.29) is 0 Å². The largest absolute Gasteiger partial charge is 0.478 e. The van der Waals surface area contributed by atoms with E-state index in [1.165, 1.54) is 0 Å². The predicted molar refractivity (Wildman–Crippen MR) is 70.7 cm³/mol. The summed E-state index contributed by atoms with van der Waals surface area (Å²) in [5, 5.41) is 18.2. The van der Waals surface area contributed by atoms with Crippen LogP contribution in [-0.2, 0) is 0 Å². The Hall–Kier alpha value is -3.30. The standard InChI is InChI=1S/C13H7F3N2O5/c14-3-1-2-4(15)9(16)5(3)6-7(12(20)21)10(17)18-11(19)8(6)13(22)23/h1-2H,(H,20,21)(H,22,23)(H3,17,18,19). The summed E-state index contributed by atoms with van der Waals surface area (Å²) in [6.45, 7) is 0. The van der Waals surface area contributed by atoms with Crippen molar-refractivity contribution >= 4 is 17.8 Å². The molecule has 0 saturated carbocycles. The molecule has 0 bridgehead atoms. The lowest BCUT2D eigenvalue weighted by Crippen LogP contribution is -2.24. The third-order valence-corrected chi connectivity index (χ3v) is 2.97. The van der Waals surface area contributed by atoms with Crippen LogP contribution in [0.3, 0.4) is 0 Å². The van der Waals surface area contributed by atoms with Crippen LogP contribution in [0.2, 0.25) is 0 Å². The zero-order valence-corrected chi connectivity index (χ0v) is 11.0.